The van der Waals surface area contributed by atoms with Crippen molar-refractivity contribution in [3.8, 4) is 10.4 Å². The van der Waals surface area contributed by atoms with Crippen LogP contribution in [0.15, 0.2) is 41.2 Å². The Morgan fingerprint density at radius 3 is 2.69 bits per heavy atom. The molecule has 3 rings (SSSR count). The SMILES string of the molecule is CCC(C(N)=O)n1c(CCOC)nc2sc(-c3ccccc3)cc2c1=O. The zero-order chi connectivity index (χ0) is 18.7. The number of methoxy groups -OCH3 is 1. The second-order valence-electron chi connectivity index (χ2n) is 5.97. The van der Waals surface area contributed by atoms with Gasteiger partial charge in [0.25, 0.3) is 5.56 Å². The quantitative estimate of drug-likeness (QED) is 0.692. The van der Waals surface area contributed by atoms with Crippen molar-refractivity contribution < 1.29 is 9.53 Å². The van der Waals surface area contributed by atoms with Crippen molar-refractivity contribution in [2.45, 2.75) is 25.8 Å². The lowest BCUT2D eigenvalue weighted by molar-refractivity contribution is -0.121. The minimum atomic E-state index is -0.716. The molecular weight excluding hydrogens is 350 g/mol. The maximum atomic E-state index is 13.1. The molecule has 2 aromatic heterocycles. The normalized spacial score (nSPS) is 12.4. The summed E-state index contributed by atoms with van der Waals surface area (Å²) >= 11 is 1.47. The number of ether oxygens (including phenoxy) is 1. The molecule has 0 saturated heterocycles. The van der Waals surface area contributed by atoms with Crippen LogP contribution in [0.5, 0.6) is 0 Å². The molecule has 7 heteroatoms. The molecule has 0 fully saturated rings. The summed E-state index contributed by atoms with van der Waals surface area (Å²) in [5.74, 6) is -0.00982. The number of benzene rings is 1. The van der Waals surface area contributed by atoms with Gasteiger partial charge >= 0.3 is 0 Å². The van der Waals surface area contributed by atoms with Crippen molar-refractivity contribution in [3.05, 3.63) is 52.6 Å². The van der Waals surface area contributed by atoms with E-state index in [-0.39, 0.29) is 5.56 Å². The highest BCUT2D eigenvalue weighted by atomic mass is 32.1. The third kappa shape index (κ3) is 3.40. The Balaban J connectivity index is 2.22. The Morgan fingerprint density at radius 1 is 1.35 bits per heavy atom. The summed E-state index contributed by atoms with van der Waals surface area (Å²) in [5.41, 5.74) is 6.33. The summed E-state index contributed by atoms with van der Waals surface area (Å²) in [6.45, 7) is 2.24. The largest absolute Gasteiger partial charge is 0.384 e. The molecule has 0 saturated carbocycles. The summed E-state index contributed by atoms with van der Waals surface area (Å²) in [7, 11) is 1.59. The van der Waals surface area contributed by atoms with Crippen LogP contribution >= 0.6 is 11.3 Å². The van der Waals surface area contributed by atoms with E-state index in [9.17, 15) is 9.59 Å². The van der Waals surface area contributed by atoms with E-state index >= 15 is 0 Å². The van der Waals surface area contributed by atoms with Crippen LogP contribution in [0.1, 0.15) is 25.2 Å². The third-order valence-electron chi connectivity index (χ3n) is 4.29. The van der Waals surface area contributed by atoms with Crippen LogP contribution in [0, 0.1) is 0 Å². The number of fused-ring (bicyclic) bond motifs is 1. The number of primary amides is 1. The van der Waals surface area contributed by atoms with Gasteiger partial charge in [-0.25, -0.2) is 4.98 Å². The first kappa shape index (κ1) is 18.3. The van der Waals surface area contributed by atoms with Crippen LogP contribution < -0.4 is 11.3 Å². The van der Waals surface area contributed by atoms with Crippen LogP contribution in [0.4, 0.5) is 0 Å². The average molecular weight is 371 g/mol. The van der Waals surface area contributed by atoms with Gasteiger partial charge in [-0.3, -0.25) is 14.2 Å². The number of nitrogens with two attached hydrogens (primary N) is 1. The van der Waals surface area contributed by atoms with E-state index in [0.29, 0.717) is 35.5 Å². The zero-order valence-electron chi connectivity index (χ0n) is 14.8. The van der Waals surface area contributed by atoms with E-state index in [1.807, 2.05) is 43.3 Å². The molecule has 0 spiro atoms. The number of carbonyl (C=O) groups is 1. The lowest BCUT2D eigenvalue weighted by Gasteiger charge is -2.18. The lowest BCUT2D eigenvalue weighted by Crippen LogP contribution is -2.36. The minimum absolute atomic E-state index is 0.231. The highest BCUT2D eigenvalue weighted by molar-refractivity contribution is 7.21. The van der Waals surface area contributed by atoms with E-state index in [4.69, 9.17) is 10.5 Å². The van der Waals surface area contributed by atoms with Crippen molar-refractivity contribution >= 4 is 27.5 Å². The standard InChI is InChI=1S/C19H21N3O3S/c1-3-14(17(20)23)22-16(9-10-25-2)21-18-13(19(22)24)11-15(26-18)12-7-5-4-6-8-12/h4-8,11,14H,3,9-10H2,1-2H3,(H2,20,23). The fraction of sp³-hybridized carbons (Fsp3) is 0.316. The number of amides is 1. The average Bonchev–Trinajstić information content (AvgIpc) is 3.07. The van der Waals surface area contributed by atoms with Gasteiger partial charge in [-0.05, 0) is 18.1 Å². The number of aromatic nitrogens is 2. The molecule has 26 heavy (non-hydrogen) atoms. The van der Waals surface area contributed by atoms with E-state index < -0.39 is 11.9 Å². The Labute approximate surface area is 155 Å². The first-order chi connectivity index (χ1) is 12.6. The Kier molecular flexibility index (Phi) is 5.49. The van der Waals surface area contributed by atoms with Crippen molar-refractivity contribution in [1.29, 1.82) is 0 Å². The lowest BCUT2D eigenvalue weighted by atomic mass is 10.1. The van der Waals surface area contributed by atoms with E-state index in [1.165, 1.54) is 15.9 Å². The summed E-state index contributed by atoms with van der Waals surface area (Å²) in [6, 6.07) is 11.0. The summed E-state index contributed by atoms with van der Waals surface area (Å²) < 4.78 is 6.57. The molecule has 1 unspecified atom stereocenters. The van der Waals surface area contributed by atoms with Crippen molar-refractivity contribution in [2.75, 3.05) is 13.7 Å². The fourth-order valence-electron chi connectivity index (χ4n) is 2.98. The number of thiophene rings is 1. The van der Waals surface area contributed by atoms with E-state index in [0.717, 1.165) is 10.4 Å². The molecule has 1 aromatic carbocycles. The molecule has 3 aromatic rings. The van der Waals surface area contributed by atoms with Gasteiger partial charge in [-0.15, -0.1) is 11.3 Å². The molecule has 0 aliphatic heterocycles. The first-order valence-corrected chi connectivity index (χ1v) is 9.27. The molecule has 0 radical (unpaired) electrons. The Hall–Kier alpha value is -2.51. The molecule has 0 bridgehead atoms. The summed E-state index contributed by atoms with van der Waals surface area (Å²) in [4.78, 5) is 31.3. The number of rotatable bonds is 7. The molecule has 2 heterocycles. The second-order valence-corrected chi connectivity index (χ2v) is 7.00. The number of nitrogens with zero attached hydrogens (tertiary/aromatic N) is 2. The maximum Gasteiger partial charge on any atom is 0.263 e. The molecule has 2 N–H and O–H groups in total. The predicted octanol–water partition coefficient (Wildman–Crippen LogP) is 2.75. The smallest absolute Gasteiger partial charge is 0.263 e. The van der Waals surface area contributed by atoms with E-state index in [1.54, 1.807) is 7.11 Å². The van der Waals surface area contributed by atoms with Gasteiger partial charge in [-0.2, -0.15) is 0 Å². The number of carbonyl (C=O) groups excluding carboxylic acids is 1. The number of hydrogen-bond donors (Lipinski definition) is 1. The summed E-state index contributed by atoms with van der Waals surface area (Å²) in [6.07, 6.45) is 0.863. The Morgan fingerprint density at radius 2 is 2.08 bits per heavy atom. The van der Waals surface area contributed by atoms with Crippen LogP contribution in [-0.4, -0.2) is 29.2 Å². The third-order valence-corrected chi connectivity index (χ3v) is 5.36. The second kappa shape index (κ2) is 7.80. The van der Waals surface area contributed by atoms with Crippen LogP contribution in [0.2, 0.25) is 0 Å². The molecule has 0 aliphatic rings. The van der Waals surface area contributed by atoms with Gasteiger partial charge in [0.2, 0.25) is 5.91 Å². The highest BCUT2D eigenvalue weighted by Crippen LogP contribution is 2.31. The van der Waals surface area contributed by atoms with Crippen molar-refractivity contribution in [1.82, 2.24) is 9.55 Å². The molecular formula is C19H21N3O3S. The topological polar surface area (TPSA) is 87.2 Å². The van der Waals surface area contributed by atoms with Gasteiger partial charge in [0.05, 0.1) is 12.0 Å². The molecule has 136 valence electrons. The van der Waals surface area contributed by atoms with Gasteiger partial charge in [0, 0.05) is 18.4 Å². The van der Waals surface area contributed by atoms with Crippen molar-refractivity contribution in [2.24, 2.45) is 5.73 Å². The van der Waals surface area contributed by atoms with Gasteiger partial charge < -0.3 is 10.5 Å². The zero-order valence-corrected chi connectivity index (χ0v) is 15.6. The number of hydrogen-bond acceptors (Lipinski definition) is 5. The molecule has 1 amide bonds. The van der Waals surface area contributed by atoms with Gasteiger partial charge in [0.1, 0.15) is 16.7 Å². The summed E-state index contributed by atoms with van der Waals surface area (Å²) in [5, 5.41) is 0.509. The van der Waals surface area contributed by atoms with Crippen molar-refractivity contribution in [3.63, 3.8) is 0 Å². The molecule has 1 atom stereocenters. The minimum Gasteiger partial charge on any atom is -0.384 e. The van der Waals surface area contributed by atoms with Gasteiger partial charge in [-0.1, -0.05) is 37.3 Å². The fourth-order valence-corrected chi connectivity index (χ4v) is 4.03. The van der Waals surface area contributed by atoms with Crippen LogP contribution in [0.25, 0.3) is 20.7 Å². The highest BCUT2D eigenvalue weighted by Gasteiger charge is 2.23. The monoisotopic (exact) mass is 371 g/mol. The van der Waals surface area contributed by atoms with Crippen LogP contribution in [0.3, 0.4) is 0 Å². The van der Waals surface area contributed by atoms with E-state index in [2.05, 4.69) is 4.98 Å². The Bertz CT molecular complexity index is 979. The first-order valence-electron chi connectivity index (χ1n) is 8.45. The predicted molar refractivity (Wildman–Crippen MR) is 103 cm³/mol. The van der Waals surface area contributed by atoms with Crippen LogP contribution in [-0.2, 0) is 16.0 Å². The van der Waals surface area contributed by atoms with Gasteiger partial charge in [0.15, 0.2) is 0 Å². The molecule has 0 aliphatic carbocycles. The maximum absolute atomic E-state index is 13.1. The molecule has 6 nitrogen and oxygen atoms in total.